The molecule has 0 saturated carbocycles. The Hall–Kier alpha value is -2.27. The van der Waals surface area contributed by atoms with Crippen LogP contribution in [0.15, 0.2) is 48.8 Å². The van der Waals surface area contributed by atoms with Crippen LogP contribution in [0.25, 0.3) is 0 Å². The quantitative estimate of drug-likeness (QED) is 0.660. The SMILES string of the molecule is CC(NCc1ccncc1)c1cccc([N+](=O)[O-])c1. The molecule has 1 N–H and O–H groups in total. The average molecular weight is 257 g/mol. The molecule has 2 rings (SSSR count). The van der Waals surface area contributed by atoms with Crippen LogP contribution in [0.2, 0.25) is 0 Å². The summed E-state index contributed by atoms with van der Waals surface area (Å²) in [5.41, 5.74) is 2.16. The van der Waals surface area contributed by atoms with Gasteiger partial charge >= 0.3 is 0 Å². The molecule has 2 aromatic rings. The highest BCUT2D eigenvalue weighted by atomic mass is 16.6. The number of aromatic nitrogens is 1. The third kappa shape index (κ3) is 3.59. The standard InChI is InChI=1S/C14H15N3O2/c1-11(16-10-12-5-7-15-8-6-12)13-3-2-4-14(9-13)17(18)19/h2-9,11,16H,10H2,1H3. The van der Waals surface area contributed by atoms with Gasteiger partial charge in [-0.05, 0) is 30.2 Å². The van der Waals surface area contributed by atoms with Crippen molar-refractivity contribution in [2.75, 3.05) is 0 Å². The molecular weight excluding hydrogens is 242 g/mol. The van der Waals surface area contributed by atoms with E-state index in [1.807, 2.05) is 25.1 Å². The second kappa shape index (κ2) is 6.06. The van der Waals surface area contributed by atoms with Gasteiger partial charge in [0.1, 0.15) is 0 Å². The van der Waals surface area contributed by atoms with Crippen LogP contribution < -0.4 is 5.32 Å². The van der Waals surface area contributed by atoms with Crippen molar-refractivity contribution in [2.45, 2.75) is 19.5 Å². The number of benzene rings is 1. The molecule has 0 radical (unpaired) electrons. The second-order valence-electron chi connectivity index (χ2n) is 4.31. The summed E-state index contributed by atoms with van der Waals surface area (Å²) in [6, 6.07) is 10.6. The van der Waals surface area contributed by atoms with Crippen LogP contribution in [0.3, 0.4) is 0 Å². The number of nitro groups is 1. The van der Waals surface area contributed by atoms with Crippen molar-refractivity contribution in [3.05, 3.63) is 70.0 Å². The van der Waals surface area contributed by atoms with E-state index in [4.69, 9.17) is 0 Å². The normalized spacial score (nSPS) is 12.1. The summed E-state index contributed by atoms with van der Waals surface area (Å²) in [4.78, 5) is 14.3. The fourth-order valence-electron chi connectivity index (χ4n) is 1.80. The molecule has 0 aliphatic rings. The lowest BCUT2D eigenvalue weighted by Gasteiger charge is -2.14. The number of pyridine rings is 1. The van der Waals surface area contributed by atoms with E-state index >= 15 is 0 Å². The first kappa shape index (κ1) is 13.2. The lowest BCUT2D eigenvalue weighted by atomic mass is 10.1. The summed E-state index contributed by atoms with van der Waals surface area (Å²) in [6.45, 7) is 2.69. The Balaban J connectivity index is 2.02. The molecule has 1 unspecified atom stereocenters. The van der Waals surface area contributed by atoms with E-state index in [9.17, 15) is 10.1 Å². The minimum atomic E-state index is -0.376. The van der Waals surface area contributed by atoms with Crippen LogP contribution in [0.4, 0.5) is 5.69 Å². The third-order valence-electron chi connectivity index (χ3n) is 2.94. The minimum Gasteiger partial charge on any atom is -0.306 e. The molecule has 0 fully saturated rings. The van der Waals surface area contributed by atoms with Crippen molar-refractivity contribution in [2.24, 2.45) is 0 Å². The molecule has 19 heavy (non-hydrogen) atoms. The van der Waals surface area contributed by atoms with Crippen molar-refractivity contribution in [1.29, 1.82) is 0 Å². The molecule has 1 heterocycles. The van der Waals surface area contributed by atoms with Crippen LogP contribution in [0.1, 0.15) is 24.1 Å². The molecule has 0 saturated heterocycles. The van der Waals surface area contributed by atoms with E-state index in [1.165, 1.54) is 6.07 Å². The molecule has 0 aliphatic carbocycles. The van der Waals surface area contributed by atoms with Gasteiger partial charge in [0, 0.05) is 37.1 Å². The lowest BCUT2D eigenvalue weighted by molar-refractivity contribution is -0.384. The fraction of sp³-hybridized carbons (Fsp3) is 0.214. The van der Waals surface area contributed by atoms with E-state index in [1.54, 1.807) is 24.5 Å². The molecule has 1 aromatic heterocycles. The first-order valence-corrected chi connectivity index (χ1v) is 6.03. The Bertz CT molecular complexity index is 558. The Labute approximate surface area is 111 Å². The monoisotopic (exact) mass is 257 g/mol. The van der Waals surface area contributed by atoms with Gasteiger partial charge in [-0.15, -0.1) is 0 Å². The number of nitrogens with one attached hydrogen (secondary N) is 1. The summed E-state index contributed by atoms with van der Waals surface area (Å²) >= 11 is 0. The maximum absolute atomic E-state index is 10.7. The third-order valence-corrected chi connectivity index (χ3v) is 2.94. The molecule has 0 amide bonds. The van der Waals surface area contributed by atoms with Gasteiger partial charge in [-0.25, -0.2) is 0 Å². The second-order valence-corrected chi connectivity index (χ2v) is 4.31. The van der Waals surface area contributed by atoms with Gasteiger partial charge < -0.3 is 5.32 Å². The lowest BCUT2D eigenvalue weighted by Crippen LogP contribution is -2.18. The first-order chi connectivity index (χ1) is 9.16. The Morgan fingerprint density at radius 3 is 2.74 bits per heavy atom. The van der Waals surface area contributed by atoms with E-state index in [2.05, 4.69) is 10.3 Å². The highest BCUT2D eigenvalue weighted by Crippen LogP contribution is 2.19. The van der Waals surface area contributed by atoms with E-state index < -0.39 is 0 Å². The Morgan fingerprint density at radius 2 is 2.05 bits per heavy atom. The number of nitro benzene ring substituents is 1. The van der Waals surface area contributed by atoms with E-state index in [0.717, 1.165) is 11.1 Å². The predicted octanol–water partition coefficient (Wildman–Crippen LogP) is 2.84. The number of rotatable bonds is 5. The maximum atomic E-state index is 10.7. The van der Waals surface area contributed by atoms with Gasteiger partial charge in [0.25, 0.3) is 5.69 Å². The highest BCUT2D eigenvalue weighted by Gasteiger charge is 2.10. The van der Waals surface area contributed by atoms with Gasteiger partial charge in [-0.3, -0.25) is 15.1 Å². The Kier molecular flexibility index (Phi) is 4.20. The summed E-state index contributed by atoms with van der Waals surface area (Å²) in [7, 11) is 0. The number of hydrogen-bond donors (Lipinski definition) is 1. The van der Waals surface area contributed by atoms with Crippen LogP contribution in [-0.4, -0.2) is 9.91 Å². The van der Waals surface area contributed by atoms with Crippen molar-refractivity contribution < 1.29 is 4.92 Å². The van der Waals surface area contributed by atoms with E-state index in [-0.39, 0.29) is 16.7 Å². The summed E-state index contributed by atoms with van der Waals surface area (Å²) in [5, 5.41) is 14.1. The molecule has 0 spiro atoms. The molecule has 98 valence electrons. The van der Waals surface area contributed by atoms with Crippen molar-refractivity contribution in [1.82, 2.24) is 10.3 Å². The van der Waals surface area contributed by atoms with E-state index in [0.29, 0.717) is 6.54 Å². The summed E-state index contributed by atoms with van der Waals surface area (Å²) in [6.07, 6.45) is 3.49. The van der Waals surface area contributed by atoms with Gasteiger partial charge in [-0.2, -0.15) is 0 Å². The molecule has 0 aliphatic heterocycles. The van der Waals surface area contributed by atoms with Gasteiger partial charge in [0.15, 0.2) is 0 Å². The largest absolute Gasteiger partial charge is 0.306 e. The molecule has 5 heteroatoms. The van der Waals surface area contributed by atoms with Crippen LogP contribution in [0, 0.1) is 10.1 Å². The number of nitrogens with zero attached hydrogens (tertiary/aromatic N) is 2. The highest BCUT2D eigenvalue weighted by molar-refractivity contribution is 5.35. The molecule has 1 atom stereocenters. The number of non-ortho nitro benzene ring substituents is 1. The zero-order chi connectivity index (χ0) is 13.7. The zero-order valence-corrected chi connectivity index (χ0v) is 10.6. The van der Waals surface area contributed by atoms with Gasteiger partial charge in [0.2, 0.25) is 0 Å². The zero-order valence-electron chi connectivity index (χ0n) is 10.6. The molecular formula is C14H15N3O2. The topological polar surface area (TPSA) is 68.1 Å². The van der Waals surface area contributed by atoms with Gasteiger partial charge in [-0.1, -0.05) is 12.1 Å². The Morgan fingerprint density at radius 1 is 1.32 bits per heavy atom. The molecule has 1 aromatic carbocycles. The van der Waals surface area contributed by atoms with Crippen molar-refractivity contribution >= 4 is 5.69 Å². The van der Waals surface area contributed by atoms with Crippen LogP contribution in [0.5, 0.6) is 0 Å². The number of hydrogen-bond acceptors (Lipinski definition) is 4. The van der Waals surface area contributed by atoms with Gasteiger partial charge in [0.05, 0.1) is 4.92 Å². The fourth-order valence-corrected chi connectivity index (χ4v) is 1.80. The smallest absolute Gasteiger partial charge is 0.269 e. The summed E-state index contributed by atoms with van der Waals surface area (Å²) < 4.78 is 0. The summed E-state index contributed by atoms with van der Waals surface area (Å²) in [5.74, 6) is 0. The molecule has 0 bridgehead atoms. The predicted molar refractivity (Wildman–Crippen MR) is 72.6 cm³/mol. The average Bonchev–Trinajstić information content (AvgIpc) is 2.46. The van der Waals surface area contributed by atoms with Crippen molar-refractivity contribution in [3.63, 3.8) is 0 Å². The first-order valence-electron chi connectivity index (χ1n) is 6.03. The van der Waals surface area contributed by atoms with Crippen LogP contribution >= 0.6 is 0 Å². The minimum absolute atomic E-state index is 0.0491. The van der Waals surface area contributed by atoms with Crippen LogP contribution in [-0.2, 0) is 6.54 Å². The molecule has 5 nitrogen and oxygen atoms in total. The maximum Gasteiger partial charge on any atom is 0.269 e. The van der Waals surface area contributed by atoms with Crippen molar-refractivity contribution in [3.8, 4) is 0 Å².